The molecule has 15 heavy (non-hydrogen) atoms. The van der Waals surface area contributed by atoms with Crippen LogP contribution in [0.25, 0.3) is 0 Å². The molecule has 0 heterocycles. The van der Waals surface area contributed by atoms with E-state index in [1.807, 2.05) is 0 Å². The highest BCUT2D eigenvalue weighted by molar-refractivity contribution is 6.14. The Kier molecular flexibility index (Phi) is 3.41. The van der Waals surface area contributed by atoms with Gasteiger partial charge in [0.15, 0.2) is 0 Å². The highest BCUT2D eigenvalue weighted by atomic mass is 16.2. The molecule has 1 aromatic rings. The third-order valence-corrected chi connectivity index (χ3v) is 1.71. The Balaban J connectivity index is 3.00. The van der Waals surface area contributed by atoms with Crippen molar-refractivity contribution in [3.63, 3.8) is 0 Å². The van der Waals surface area contributed by atoms with Crippen molar-refractivity contribution in [2.24, 2.45) is 5.73 Å². The minimum absolute atomic E-state index is 0.366. The van der Waals surface area contributed by atoms with Gasteiger partial charge in [0.25, 0.3) is 0 Å². The van der Waals surface area contributed by atoms with Gasteiger partial charge in [-0.25, -0.2) is 9.69 Å². The van der Waals surface area contributed by atoms with Gasteiger partial charge in [0.2, 0.25) is 5.91 Å². The summed E-state index contributed by atoms with van der Waals surface area (Å²) in [6.45, 7) is 0. The molecule has 2 N–H and O–H groups in total. The summed E-state index contributed by atoms with van der Waals surface area (Å²) in [6, 6.07) is 9.02. The minimum Gasteiger partial charge on any atom is -0.351 e. The lowest BCUT2D eigenvalue weighted by Gasteiger charge is -2.16. The first kappa shape index (κ1) is 10.7. The number of urea groups is 1. The number of rotatable bonds is 2. The largest absolute Gasteiger partial charge is 0.351 e. The molecule has 0 aliphatic carbocycles. The average molecular weight is 203 g/mol. The molecule has 3 amide bonds. The number of primary amides is 1. The van der Waals surface area contributed by atoms with Crippen molar-refractivity contribution >= 4 is 17.6 Å². The van der Waals surface area contributed by atoms with E-state index in [1.165, 1.54) is 0 Å². The van der Waals surface area contributed by atoms with Crippen molar-refractivity contribution in [2.45, 2.75) is 6.42 Å². The summed E-state index contributed by atoms with van der Waals surface area (Å²) in [4.78, 5) is 23.2. The Morgan fingerprint density at radius 3 is 2.40 bits per heavy atom. The molecule has 76 valence electrons. The second-order valence-electron chi connectivity index (χ2n) is 2.74. The molecule has 5 nitrogen and oxygen atoms in total. The normalized spacial score (nSPS) is 9.00. The number of carbonyl (C=O) groups is 2. The first-order valence-electron chi connectivity index (χ1n) is 4.21. The van der Waals surface area contributed by atoms with Crippen LogP contribution in [0.3, 0.4) is 0 Å². The first-order valence-corrected chi connectivity index (χ1v) is 4.21. The molecule has 0 atom stereocenters. The van der Waals surface area contributed by atoms with Crippen LogP contribution in [-0.2, 0) is 4.79 Å². The summed E-state index contributed by atoms with van der Waals surface area (Å²) in [6.07, 6.45) is -0.377. The molecule has 0 fully saturated rings. The van der Waals surface area contributed by atoms with Gasteiger partial charge in [0, 0.05) is 0 Å². The zero-order valence-electron chi connectivity index (χ0n) is 7.88. The van der Waals surface area contributed by atoms with E-state index in [0.717, 1.165) is 4.90 Å². The zero-order valence-corrected chi connectivity index (χ0v) is 7.88. The SMILES string of the molecule is N#CCC(=O)N(C(N)=O)c1ccccc1. The molecule has 0 unspecified atom stereocenters. The van der Waals surface area contributed by atoms with E-state index >= 15 is 0 Å². The van der Waals surface area contributed by atoms with Gasteiger partial charge in [0.1, 0.15) is 6.42 Å². The number of para-hydroxylation sites is 1. The van der Waals surface area contributed by atoms with E-state index < -0.39 is 11.9 Å². The lowest BCUT2D eigenvalue weighted by atomic mass is 10.3. The second kappa shape index (κ2) is 4.77. The van der Waals surface area contributed by atoms with E-state index in [4.69, 9.17) is 11.0 Å². The van der Waals surface area contributed by atoms with Gasteiger partial charge in [-0.1, -0.05) is 18.2 Å². The number of hydrogen-bond donors (Lipinski definition) is 1. The van der Waals surface area contributed by atoms with Gasteiger partial charge in [0.05, 0.1) is 11.8 Å². The molecular formula is C10H9N3O2. The van der Waals surface area contributed by atoms with E-state index in [9.17, 15) is 9.59 Å². The molecule has 0 aromatic heterocycles. The highest BCUT2D eigenvalue weighted by Crippen LogP contribution is 2.13. The van der Waals surface area contributed by atoms with Crippen LogP contribution in [0.2, 0.25) is 0 Å². The molecule has 1 aromatic carbocycles. The Morgan fingerprint density at radius 1 is 1.33 bits per heavy atom. The van der Waals surface area contributed by atoms with Gasteiger partial charge in [-0.05, 0) is 12.1 Å². The fourth-order valence-electron chi connectivity index (χ4n) is 1.12. The molecule has 0 spiro atoms. The summed E-state index contributed by atoms with van der Waals surface area (Å²) in [5.41, 5.74) is 5.42. The van der Waals surface area contributed by atoms with Crippen molar-refractivity contribution in [1.29, 1.82) is 5.26 Å². The number of nitriles is 1. The number of anilines is 1. The molecule has 0 aliphatic rings. The molecular weight excluding hydrogens is 194 g/mol. The average Bonchev–Trinajstić information content (AvgIpc) is 2.19. The highest BCUT2D eigenvalue weighted by Gasteiger charge is 2.19. The van der Waals surface area contributed by atoms with Crippen LogP contribution in [0.15, 0.2) is 30.3 Å². The number of carbonyl (C=O) groups excluding carboxylic acids is 2. The minimum atomic E-state index is -0.888. The van der Waals surface area contributed by atoms with Crippen LogP contribution in [0.4, 0.5) is 10.5 Å². The van der Waals surface area contributed by atoms with E-state index in [2.05, 4.69) is 0 Å². The number of benzene rings is 1. The Labute approximate surface area is 86.7 Å². The summed E-state index contributed by atoms with van der Waals surface area (Å²) in [5.74, 6) is -0.629. The predicted octanol–water partition coefficient (Wildman–Crippen LogP) is 1.01. The number of nitrogens with two attached hydrogens (primary N) is 1. The van der Waals surface area contributed by atoms with Crippen LogP contribution in [-0.4, -0.2) is 11.9 Å². The Morgan fingerprint density at radius 2 is 1.93 bits per heavy atom. The van der Waals surface area contributed by atoms with Crippen molar-refractivity contribution in [3.05, 3.63) is 30.3 Å². The summed E-state index contributed by atoms with van der Waals surface area (Å²) in [7, 11) is 0. The van der Waals surface area contributed by atoms with E-state index in [-0.39, 0.29) is 6.42 Å². The van der Waals surface area contributed by atoms with Crippen LogP contribution in [0.1, 0.15) is 6.42 Å². The Hall–Kier alpha value is -2.35. The smallest absolute Gasteiger partial charge is 0.326 e. The van der Waals surface area contributed by atoms with Gasteiger partial charge in [-0.2, -0.15) is 5.26 Å². The second-order valence-corrected chi connectivity index (χ2v) is 2.74. The predicted molar refractivity (Wildman–Crippen MR) is 53.7 cm³/mol. The van der Waals surface area contributed by atoms with E-state index in [1.54, 1.807) is 36.4 Å². The fraction of sp³-hybridized carbons (Fsp3) is 0.100. The molecule has 0 saturated carbocycles. The third-order valence-electron chi connectivity index (χ3n) is 1.71. The summed E-state index contributed by atoms with van der Waals surface area (Å²) in [5, 5.41) is 8.36. The maximum Gasteiger partial charge on any atom is 0.326 e. The number of amides is 3. The molecule has 1 rings (SSSR count). The van der Waals surface area contributed by atoms with E-state index in [0.29, 0.717) is 5.69 Å². The maximum absolute atomic E-state index is 11.4. The number of imide groups is 1. The van der Waals surface area contributed by atoms with Crippen LogP contribution < -0.4 is 10.6 Å². The monoisotopic (exact) mass is 203 g/mol. The molecule has 0 saturated heterocycles. The third kappa shape index (κ3) is 2.54. The molecule has 5 heteroatoms. The summed E-state index contributed by atoms with van der Waals surface area (Å²) >= 11 is 0. The van der Waals surface area contributed by atoms with Crippen molar-refractivity contribution in [2.75, 3.05) is 4.90 Å². The van der Waals surface area contributed by atoms with Crippen LogP contribution >= 0.6 is 0 Å². The summed E-state index contributed by atoms with van der Waals surface area (Å²) < 4.78 is 0. The number of nitrogens with zero attached hydrogens (tertiary/aromatic N) is 2. The molecule has 0 radical (unpaired) electrons. The standard InChI is InChI=1S/C10H9N3O2/c11-7-6-9(14)13(10(12)15)8-4-2-1-3-5-8/h1-5H,6H2,(H2,12,15). The topological polar surface area (TPSA) is 87.2 Å². The number of hydrogen-bond acceptors (Lipinski definition) is 3. The maximum atomic E-state index is 11.4. The van der Waals surface area contributed by atoms with Gasteiger partial charge in [-0.15, -0.1) is 0 Å². The van der Waals surface area contributed by atoms with Gasteiger partial charge >= 0.3 is 6.03 Å². The Bertz CT molecular complexity index is 408. The lowest BCUT2D eigenvalue weighted by molar-refractivity contribution is -0.116. The van der Waals surface area contributed by atoms with Crippen LogP contribution in [0.5, 0.6) is 0 Å². The van der Waals surface area contributed by atoms with Crippen molar-refractivity contribution in [3.8, 4) is 6.07 Å². The van der Waals surface area contributed by atoms with Gasteiger partial charge in [-0.3, -0.25) is 4.79 Å². The van der Waals surface area contributed by atoms with Crippen molar-refractivity contribution < 1.29 is 9.59 Å². The zero-order chi connectivity index (χ0) is 11.3. The first-order chi connectivity index (χ1) is 7.16. The van der Waals surface area contributed by atoms with Gasteiger partial charge < -0.3 is 5.73 Å². The lowest BCUT2D eigenvalue weighted by Crippen LogP contribution is -2.40. The molecule has 0 bridgehead atoms. The molecule has 0 aliphatic heterocycles. The van der Waals surface area contributed by atoms with Crippen LogP contribution in [0, 0.1) is 11.3 Å². The fourth-order valence-corrected chi connectivity index (χ4v) is 1.12. The van der Waals surface area contributed by atoms with Crippen molar-refractivity contribution in [1.82, 2.24) is 0 Å². The quantitative estimate of drug-likeness (QED) is 0.778.